The highest BCUT2D eigenvalue weighted by Crippen LogP contribution is 2.29. The van der Waals surface area contributed by atoms with Crippen LogP contribution in [-0.2, 0) is 0 Å². The highest BCUT2D eigenvalue weighted by atomic mass is 16.3. The predicted molar refractivity (Wildman–Crippen MR) is 73.6 cm³/mol. The average Bonchev–Trinajstić information content (AvgIpc) is 2.96. The molecule has 0 bridgehead atoms. The molecule has 0 aliphatic heterocycles. The Kier molecular flexibility index (Phi) is 2.89. The number of hydrogen-bond acceptors (Lipinski definition) is 4. The van der Waals surface area contributed by atoms with Gasteiger partial charge in [0.15, 0.2) is 0 Å². The van der Waals surface area contributed by atoms with Crippen molar-refractivity contribution in [2.24, 2.45) is 5.84 Å². The lowest BCUT2D eigenvalue weighted by Crippen LogP contribution is -2.28. The predicted octanol–water partition coefficient (Wildman–Crippen LogP) is 3.20. The molecule has 1 atom stereocenters. The van der Waals surface area contributed by atoms with Gasteiger partial charge in [-0.2, -0.15) is 0 Å². The van der Waals surface area contributed by atoms with Crippen LogP contribution in [0.4, 0.5) is 0 Å². The van der Waals surface area contributed by atoms with Gasteiger partial charge in [-0.15, -0.1) is 0 Å². The Bertz CT molecular complexity index is 712. The second-order valence-electron chi connectivity index (χ2n) is 4.78. The first kappa shape index (κ1) is 12.0. The molecule has 3 aromatic rings. The summed E-state index contributed by atoms with van der Waals surface area (Å²) >= 11 is 0. The van der Waals surface area contributed by atoms with Crippen LogP contribution in [0, 0.1) is 13.8 Å². The van der Waals surface area contributed by atoms with Gasteiger partial charge in [0, 0.05) is 10.9 Å². The smallest absolute Gasteiger partial charge is 0.134 e. The van der Waals surface area contributed by atoms with Crippen molar-refractivity contribution >= 4 is 11.0 Å². The Balaban J connectivity index is 2.06. The normalized spacial score (nSPS) is 13.0. The van der Waals surface area contributed by atoms with Crippen LogP contribution in [-0.4, -0.2) is 0 Å². The van der Waals surface area contributed by atoms with Gasteiger partial charge in [-0.1, -0.05) is 11.6 Å². The van der Waals surface area contributed by atoms with Crippen LogP contribution in [0.25, 0.3) is 11.0 Å². The van der Waals surface area contributed by atoms with E-state index in [-0.39, 0.29) is 6.04 Å². The Morgan fingerprint density at radius 2 is 2.00 bits per heavy atom. The molecule has 2 heterocycles. The molecule has 0 aliphatic carbocycles. The van der Waals surface area contributed by atoms with E-state index in [1.165, 1.54) is 5.56 Å². The van der Waals surface area contributed by atoms with Crippen LogP contribution in [0.2, 0.25) is 0 Å². The van der Waals surface area contributed by atoms with Gasteiger partial charge < -0.3 is 8.83 Å². The zero-order valence-electron chi connectivity index (χ0n) is 10.9. The molecule has 0 spiro atoms. The largest absolute Gasteiger partial charge is 0.469 e. The van der Waals surface area contributed by atoms with E-state index in [0.717, 1.165) is 28.1 Å². The van der Waals surface area contributed by atoms with Crippen molar-refractivity contribution in [2.75, 3.05) is 0 Å². The van der Waals surface area contributed by atoms with E-state index >= 15 is 0 Å². The first-order chi connectivity index (χ1) is 9.17. The number of hydrogen-bond donors (Lipinski definition) is 2. The molecule has 1 unspecified atom stereocenters. The molecule has 0 saturated carbocycles. The Morgan fingerprint density at radius 3 is 2.68 bits per heavy atom. The third kappa shape index (κ3) is 2.16. The van der Waals surface area contributed by atoms with Crippen LogP contribution in [0.15, 0.2) is 45.4 Å². The van der Waals surface area contributed by atoms with Crippen molar-refractivity contribution in [2.45, 2.75) is 19.9 Å². The quantitative estimate of drug-likeness (QED) is 0.558. The molecule has 0 fully saturated rings. The lowest BCUT2D eigenvalue weighted by Gasteiger charge is -2.10. The summed E-state index contributed by atoms with van der Waals surface area (Å²) in [6.45, 7) is 3.96. The second kappa shape index (κ2) is 4.57. The van der Waals surface area contributed by atoms with E-state index < -0.39 is 0 Å². The summed E-state index contributed by atoms with van der Waals surface area (Å²) < 4.78 is 11.2. The minimum atomic E-state index is -0.204. The van der Waals surface area contributed by atoms with Crippen molar-refractivity contribution in [3.63, 3.8) is 0 Å². The molecule has 98 valence electrons. The van der Waals surface area contributed by atoms with Gasteiger partial charge in [-0.05, 0) is 38.1 Å². The molecule has 2 aromatic heterocycles. The average molecular weight is 256 g/mol. The number of rotatable bonds is 3. The minimum absolute atomic E-state index is 0.204. The van der Waals surface area contributed by atoms with Crippen molar-refractivity contribution in [1.82, 2.24) is 5.43 Å². The number of nitrogens with two attached hydrogens (primary N) is 1. The van der Waals surface area contributed by atoms with Gasteiger partial charge in [-0.25, -0.2) is 5.43 Å². The molecule has 0 amide bonds. The van der Waals surface area contributed by atoms with Crippen LogP contribution in [0.5, 0.6) is 0 Å². The number of aryl methyl sites for hydroxylation is 2. The summed E-state index contributed by atoms with van der Waals surface area (Å²) in [5, 5.41) is 1.08. The van der Waals surface area contributed by atoms with Crippen molar-refractivity contribution in [1.29, 1.82) is 0 Å². The molecule has 3 N–H and O–H groups in total. The van der Waals surface area contributed by atoms with Crippen LogP contribution < -0.4 is 11.3 Å². The highest BCUT2D eigenvalue weighted by Gasteiger charge is 2.19. The van der Waals surface area contributed by atoms with Crippen molar-refractivity contribution < 1.29 is 8.83 Å². The van der Waals surface area contributed by atoms with E-state index in [9.17, 15) is 0 Å². The third-order valence-electron chi connectivity index (χ3n) is 3.23. The first-order valence-corrected chi connectivity index (χ1v) is 6.18. The molecule has 0 aliphatic rings. The Hall–Kier alpha value is -2.04. The van der Waals surface area contributed by atoms with Gasteiger partial charge in [0.25, 0.3) is 0 Å². The van der Waals surface area contributed by atoms with E-state index in [1.54, 1.807) is 6.26 Å². The molecule has 4 nitrogen and oxygen atoms in total. The molecule has 0 radical (unpaired) electrons. The summed E-state index contributed by atoms with van der Waals surface area (Å²) in [5.74, 6) is 7.28. The summed E-state index contributed by atoms with van der Waals surface area (Å²) in [7, 11) is 0. The zero-order valence-corrected chi connectivity index (χ0v) is 10.9. The number of hydrazine groups is 1. The fraction of sp³-hybridized carbons (Fsp3) is 0.200. The topological polar surface area (TPSA) is 64.3 Å². The van der Waals surface area contributed by atoms with E-state index in [1.807, 2.05) is 31.2 Å². The Morgan fingerprint density at radius 1 is 1.16 bits per heavy atom. The maximum atomic E-state index is 5.86. The van der Waals surface area contributed by atoms with E-state index in [4.69, 9.17) is 14.7 Å². The summed E-state index contributed by atoms with van der Waals surface area (Å²) in [6.07, 6.45) is 1.69. The van der Waals surface area contributed by atoms with Gasteiger partial charge in [-0.3, -0.25) is 5.84 Å². The van der Waals surface area contributed by atoms with Gasteiger partial charge in [0.05, 0.1) is 6.26 Å². The summed E-state index contributed by atoms with van der Waals surface area (Å²) in [6, 6.07) is 9.85. The molecule has 0 saturated heterocycles. The minimum Gasteiger partial charge on any atom is -0.469 e. The molecular weight excluding hydrogens is 240 g/mol. The first-order valence-electron chi connectivity index (χ1n) is 6.18. The monoisotopic (exact) mass is 256 g/mol. The lowest BCUT2D eigenvalue weighted by atomic mass is 10.1. The third-order valence-corrected chi connectivity index (χ3v) is 3.23. The zero-order chi connectivity index (χ0) is 13.4. The van der Waals surface area contributed by atoms with Gasteiger partial charge in [0.2, 0.25) is 0 Å². The molecular formula is C15H16N2O2. The van der Waals surface area contributed by atoms with Crippen LogP contribution in [0.3, 0.4) is 0 Å². The molecule has 3 rings (SSSR count). The summed E-state index contributed by atoms with van der Waals surface area (Å²) in [5.41, 5.74) is 5.79. The van der Waals surface area contributed by atoms with Crippen LogP contribution in [0.1, 0.15) is 28.7 Å². The van der Waals surface area contributed by atoms with Crippen molar-refractivity contribution in [3.05, 3.63) is 59.2 Å². The van der Waals surface area contributed by atoms with Crippen molar-refractivity contribution in [3.8, 4) is 0 Å². The molecule has 1 aromatic carbocycles. The number of benzene rings is 1. The van der Waals surface area contributed by atoms with E-state index in [0.29, 0.717) is 0 Å². The highest BCUT2D eigenvalue weighted by molar-refractivity contribution is 5.78. The lowest BCUT2D eigenvalue weighted by molar-refractivity contribution is 0.470. The van der Waals surface area contributed by atoms with Crippen LogP contribution >= 0.6 is 0 Å². The number of nitrogens with one attached hydrogen (secondary N) is 1. The van der Waals surface area contributed by atoms with Gasteiger partial charge >= 0.3 is 0 Å². The fourth-order valence-corrected chi connectivity index (χ4v) is 2.28. The van der Waals surface area contributed by atoms with E-state index in [2.05, 4.69) is 18.4 Å². The summed E-state index contributed by atoms with van der Waals surface area (Å²) in [4.78, 5) is 0. The Labute approximate surface area is 111 Å². The second-order valence-corrected chi connectivity index (χ2v) is 4.78. The standard InChI is InChI=1S/C15H16N2O2/c1-9-3-4-13-11(5-9)7-14(19-13)15(17-16)12-6-10(2)18-8-12/h3-8,15,17H,16H2,1-2H3. The fourth-order valence-electron chi connectivity index (χ4n) is 2.28. The maximum absolute atomic E-state index is 5.86. The number of furan rings is 2. The molecule has 4 heteroatoms. The molecule has 19 heavy (non-hydrogen) atoms. The number of fused-ring (bicyclic) bond motifs is 1. The van der Waals surface area contributed by atoms with Gasteiger partial charge in [0.1, 0.15) is 23.1 Å². The maximum Gasteiger partial charge on any atom is 0.134 e. The SMILES string of the molecule is Cc1ccc2oc(C(NN)c3coc(C)c3)cc2c1.